The van der Waals surface area contributed by atoms with Gasteiger partial charge in [-0.15, -0.1) is 0 Å². The molecule has 0 atom stereocenters. The van der Waals surface area contributed by atoms with Crippen molar-refractivity contribution in [1.29, 1.82) is 5.26 Å². The van der Waals surface area contributed by atoms with Crippen LogP contribution in [0.3, 0.4) is 0 Å². The van der Waals surface area contributed by atoms with Crippen molar-refractivity contribution in [2.45, 2.75) is 18.9 Å². The molecule has 1 fully saturated rings. The Labute approximate surface area is 173 Å². The van der Waals surface area contributed by atoms with E-state index in [1.165, 1.54) is 0 Å². The van der Waals surface area contributed by atoms with Crippen LogP contribution in [0.4, 0.5) is 0 Å². The molecule has 0 unspecified atom stereocenters. The number of amides is 1. The maximum Gasteiger partial charge on any atom is 0.246 e. The topological polar surface area (TPSA) is 70.6 Å². The maximum absolute atomic E-state index is 12.6. The van der Waals surface area contributed by atoms with Gasteiger partial charge in [-0.05, 0) is 36.4 Å². The quantitative estimate of drug-likeness (QED) is 0.615. The molecule has 1 aliphatic rings. The summed E-state index contributed by atoms with van der Waals surface area (Å²) >= 11 is 6.21. The van der Waals surface area contributed by atoms with Gasteiger partial charge in [-0.1, -0.05) is 23.7 Å². The van der Waals surface area contributed by atoms with E-state index < -0.39 is 0 Å². The third kappa shape index (κ3) is 4.25. The van der Waals surface area contributed by atoms with Crippen LogP contribution < -0.4 is 4.74 Å². The molecule has 1 amide bonds. The summed E-state index contributed by atoms with van der Waals surface area (Å²) in [7, 11) is 0. The molecular formula is C22H19ClN4O2. The molecular weight excluding hydrogens is 388 g/mol. The molecule has 29 heavy (non-hydrogen) atoms. The van der Waals surface area contributed by atoms with Crippen molar-refractivity contribution in [3.63, 3.8) is 0 Å². The predicted octanol–water partition coefficient (Wildman–Crippen LogP) is 3.94. The number of rotatable bonds is 4. The Balaban J connectivity index is 1.36. The summed E-state index contributed by atoms with van der Waals surface area (Å²) < 4.78 is 7.82. The summed E-state index contributed by atoms with van der Waals surface area (Å²) in [5.41, 5.74) is 2.00. The van der Waals surface area contributed by atoms with E-state index in [4.69, 9.17) is 21.6 Å². The molecule has 1 aliphatic heterocycles. The lowest BCUT2D eigenvalue weighted by Gasteiger charge is -2.31. The monoisotopic (exact) mass is 406 g/mol. The molecule has 0 N–H and O–H groups in total. The fraction of sp³-hybridized carbons (Fsp3) is 0.227. The van der Waals surface area contributed by atoms with Crippen LogP contribution in [0.25, 0.3) is 11.7 Å². The van der Waals surface area contributed by atoms with Crippen LogP contribution in [0.5, 0.6) is 5.75 Å². The maximum atomic E-state index is 12.6. The van der Waals surface area contributed by atoms with Crippen LogP contribution in [0, 0.1) is 11.3 Å². The fourth-order valence-corrected chi connectivity index (χ4v) is 3.66. The third-order valence-electron chi connectivity index (χ3n) is 4.93. The molecule has 1 saturated heterocycles. The smallest absolute Gasteiger partial charge is 0.246 e. The van der Waals surface area contributed by atoms with Gasteiger partial charge in [0.15, 0.2) is 5.15 Å². The number of imidazole rings is 1. The number of ether oxygens (including phenoxy) is 1. The number of carbonyl (C=O) groups excluding carboxylic acids is 1. The van der Waals surface area contributed by atoms with Gasteiger partial charge < -0.3 is 9.64 Å². The lowest BCUT2D eigenvalue weighted by Crippen LogP contribution is -2.41. The molecule has 0 spiro atoms. The Morgan fingerprint density at radius 2 is 2.07 bits per heavy atom. The molecule has 4 rings (SSSR count). The number of nitriles is 1. The largest absolute Gasteiger partial charge is 0.490 e. The van der Waals surface area contributed by atoms with E-state index in [-0.39, 0.29) is 12.0 Å². The van der Waals surface area contributed by atoms with Gasteiger partial charge in [-0.25, -0.2) is 4.98 Å². The summed E-state index contributed by atoms with van der Waals surface area (Å²) in [6.45, 7) is 1.24. The molecule has 0 aliphatic carbocycles. The van der Waals surface area contributed by atoms with Crippen LogP contribution >= 0.6 is 11.6 Å². The Bertz CT molecular complexity index is 1110. The molecule has 146 valence electrons. The van der Waals surface area contributed by atoms with Crippen LogP contribution in [0.2, 0.25) is 5.15 Å². The number of carbonyl (C=O) groups is 1. The second kappa shape index (κ2) is 8.38. The Morgan fingerprint density at radius 1 is 1.24 bits per heavy atom. The average Bonchev–Trinajstić information content (AvgIpc) is 3.07. The number of aromatic nitrogens is 2. The van der Waals surface area contributed by atoms with Gasteiger partial charge in [0.05, 0.1) is 17.3 Å². The first kappa shape index (κ1) is 19.0. The molecule has 2 aromatic heterocycles. The highest BCUT2D eigenvalue weighted by Gasteiger charge is 2.23. The minimum atomic E-state index is -0.0584. The van der Waals surface area contributed by atoms with Crippen LogP contribution in [-0.2, 0) is 4.79 Å². The SMILES string of the molecule is N#Cc1cccc(OC2CCN(C(=O)C=Cc3c(Cl)nc4ccccn34)CC2)c1. The Morgan fingerprint density at radius 3 is 2.86 bits per heavy atom. The van der Waals surface area contributed by atoms with E-state index in [0.717, 1.165) is 18.5 Å². The zero-order valence-corrected chi connectivity index (χ0v) is 16.4. The first-order valence-electron chi connectivity index (χ1n) is 9.40. The number of fused-ring (bicyclic) bond motifs is 1. The van der Waals surface area contributed by atoms with Gasteiger partial charge in [-0.2, -0.15) is 5.26 Å². The molecule has 3 heterocycles. The minimum Gasteiger partial charge on any atom is -0.490 e. The Kier molecular flexibility index (Phi) is 5.50. The van der Waals surface area contributed by atoms with Crippen molar-refractivity contribution in [3.05, 3.63) is 71.1 Å². The van der Waals surface area contributed by atoms with Crippen LogP contribution in [0.15, 0.2) is 54.7 Å². The molecule has 0 radical (unpaired) electrons. The number of hydrogen-bond donors (Lipinski definition) is 0. The number of piperidine rings is 1. The van der Waals surface area contributed by atoms with Crippen molar-refractivity contribution in [1.82, 2.24) is 14.3 Å². The zero-order chi connectivity index (χ0) is 20.2. The minimum absolute atomic E-state index is 0.0326. The van der Waals surface area contributed by atoms with E-state index in [1.807, 2.05) is 40.9 Å². The number of likely N-dealkylation sites (tertiary alicyclic amines) is 1. The van der Waals surface area contributed by atoms with Gasteiger partial charge in [0, 0.05) is 38.2 Å². The summed E-state index contributed by atoms with van der Waals surface area (Å²) in [4.78, 5) is 18.7. The van der Waals surface area contributed by atoms with Crippen LogP contribution in [-0.4, -0.2) is 39.4 Å². The van der Waals surface area contributed by atoms with Crippen molar-refractivity contribution >= 4 is 29.2 Å². The van der Waals surface area contributed by atoms with E-state index in [2.05, 4.69) is 11.1 Å². The molecule has 3 aromatic rings. The molecule has 7 heteroatoms. The van der Waals surface area contributed by atoms with Gasteiger partial charge >= 0.3 is 0 Å². The van der Waals surface area contributed by atoms with Crippen molar-refractivity contribution < 1.29 is 9.53 Å². The normalized spacial score (nSPS) is 15.0. The zero-order valence-electron chi connectivity index (χ0n) is 15.7. The third-order valence-corrected chi connectivity index (χ3v) is 5.20. The highest BCUT2D eigenvalue weighted by atomic mass is 35.5. The highest BCUT2D eigenvalue weighted by molar-refractivity contribution is 6.31. The molecule has 0 bridgehead atoms. The van der Waals surface area contributed by atoms with E-state index in [0.29, 0.717) is 35.2 Å². The van der Waals surface area contributed by atoms with E-state index in [1.54, 1.807) is 29.2 Å². The molecule has 0 saturated carbocycles. The standard InChI is InChI=1S/C22H19ClN4O2/c23-22-19(27-11-2-1-6-20(27)25-22)7-8-21(28)26-12-9-17(10-13-26)29-18-5-3-4-16(14-18)15-24/h1-8,11,14,17H,9-10,12-13H2. The summed E-state index contributed by atoms with van der Waals surface area (Å²) in [6.07, 6.45) is 6.63. The highest BCUT2D eigenvalue weighted by Crippen LogP contribution is 2.21. The molecule has 1 aromatic carbocycles. The number of hydrogen-bond acceptors (Lipinski definition) is 4. The number of halogens is 1. The lowest BCUT2D eigenvalue weighted by molar-refractivity contribution is -0.127. The second-order valence-electron chi connectivity index (χ2n) is 6.83. The van der Waals surface area contributed by atoms with E-state index >= 15 is 0 Å². The second-order valence-corrected chi connectivity index (χ2v) is 7.19. The van der Waals surface area contributed by atoms with E-state index in [9.17, 15) is 4.79 Å². The predicted molar refractivity (Wildman–Crippen MR) is 111 cm³/mol. The van der Waals surface area contributed by atoms with Crippen molar-refractivity contribution in [3.8, 4) is 11.8 Å². The number of pyridine rings is 1. The number of nitrogens with zero attached hydrogens (tertiary/aromatic N) is 4. The first-order chi connectivity index (χ1) is 14.1. The summed E-state index contributed by atoms with van der Waals surface area (Å²) in [5, 5.41) is 9.36. The first-order valence-corrected chi connectivity index (χ1v) is 9.78. The van der Waals surface area contributed by atoms with Gasteiger partial charge in [0.2, 0.25) is 5.91 Å². The average molecular weight is 407 g/mol. The fourth-order valence-electron chi connectivity index (χ4n) is 3.42. The molecule has 6 nitrogen and oxygen atoms in total. The number of benzene rings is 1. The van der Waals surface area contributed by atoms with Crippen molar-refractivity contribution in [2.75, 3.05) is 13.1 Å². The van der Waals surface area contributed by atoms with Gasteiger partial charge in [0.1, 0.15) is 17.5 Å². The van der Waals surface area contributed by atoms with Crippen molar-refractivity contribution in [2.24, 2.45) is 0 Å². The summed E-state index contributed by atoms with van der Waals surface area (Å²) in [6, 6.07) is 14.9. The Hall–Kier alpha value is -3.30. The lowest BCUT2D eigenvalue weighted by atomic mass is 10.1. The van der Waals surface area contributed by atoms with Crippen LogP contribution in [0.1, 0.15) is 24.1 Å². The van der Waals surface area contributed by atoms with Gasteiger partial charge in [0.25, 0.3) is 0 Å². The van der Waals surface area contributed by atoms with Gasteiger partial charge in [-0.3, -0.25) is 9.20 Å². The summed E-state index contributed by atoms with van der Waals surface area (Å²) in [5.74, 6) is 0.632.